The summed E-state index contributed by atoms with van der Waals surface area (Å²) in [5.41, 5.74) is 1.44. The standard InChI is InChI=1S/C14H13Br2NO3S/c1-20-11-4-7-13(16)14(8-11)17-21(18,19)12-5-2-10(9-15)3-6-12/h2-8,17H,9H2,1H3. The van der Waals surface area contributed by atoms with Crippen LogP contribution in [0.15, 0.2) is 51.8 Å². The highest BCUT2D eigenvalue weighted by Crippen LogP contribution is 2.29. The van der Waals surface area contributed by atoms with Crippen molar-refractivity contribution in [2.75, 3.05) is 11.8 Å². The molecule has 0 aliphatic heterocycles. The van der Waals surface area contributed by atoms with Gasteiger partial charge in [-0.1, -0.05) is 28.1 Å². The SMILES string of the molecule is COc1ccc(Br)c(NS(=O)(=O)c2ccc(CBr)cc2)c1. The normalized spacial score (nSPS) is 11.2. The molecule has 0 heterocycles. The molecule has 2 aromatic rings. The summed E-state index contributed by atoms with van der Waals surface area (Å²) in [5, 5.41) is 0.683. The van der Waals surface area contributed by atoms with Gasteiger partial charge in [-0.3, -0.25) is 4.72 Å². The molecule has 0 aromatic heterocycles. The van der Waals surface area contributed by atoms with Gasteiger partial charge in [0.15, 0.2) is 0 Å². The molecular weight excluding hydrogens is 422 g/mol. The molecule has 0 saturated carbocycles. The van der Waals surface area contributed by atoms with Crippen molar-refractivity contribution >= 4 is 47.6 Å². The number of ether oxygens (including phenoxy) is 1. The number of benzene rings is 2. The number of anilines is 1. The van der Waals surface area contributed by atoms with Gasteiger partial charge in [0, 0.05) is 15.9 Å². The van der Waals surface area contributed by atoms with Crippen molar-refractivity contribution in [1.82, 2.24) is 0 Å². The maximum atomic E-state index is 12.4. The molecule has 0 bridgehead atoms. The van der Waals surface area contributed by atoms with Crippen LogP contribution in [-0.4, -0.2) is 15.5 Å². The molecule has 4 nitrogen and oxygen atoms in total. The van der Waals surface area contributed by atoms with Gasteiger partial charge in [-0.05, 0) is 45.8 Å². The van der Waals surface area contributed by atoms with Crippen LogP contribution >= 0.6 is 31.9 Å². The molecule has 21 heavy (non-hydrogen) atoms. The summed E-state index contributed by atoms with van der Waals surface area (Å²) < 4.78 is 33.0. The van der Waals surface area contributed by atoms with Crippen molar-refractivity contribution in [3.05, 3.63) is 52.5 Å². The zero-order valence-corrected chi connectivity index (χ0v) is 15.1. The molecule has 0 aliphatic rings. The van der Waals surface area contributed by atoms with Crippen molar-refractivity contribution in [1.29, 1.82) is 0 Å². The van der Waals surface area contributed by atoms with Crippen LogP contribution in [0.5, 0.6) is 5.75 Å². The number of hydrogen-bond donors (Lipinski definition) is 1. The summed E-state index contributed by atoms with van der Waals surface area (Å²) in [6.07, 6.45) is 0. The van der Waals surface area contributed by atoms with Crippen LogP contribution < -0.4 is 9.46 Å². The third kappa shape index (κ3) is 3.99. The van der Waals surface area contributed by atoms with Crippen LogP contribution in [0.2, 0.25) is 0 Å². The van der Waals surface area contributed by atoms with Crippen molar-refractivity contribution in [2.24, 2.45) is 0 Å². The zero-order chi connectivity index (χ0) is 15.5. The average molecular weight is 435 g/mol. The molecule has 0 aliphatic carbocycles. The van der Waals surface area contributed by atoms with Gasteiger partial charge in [0.2, 0.25) is 0 Å². The molecular formula is C14H13Br2NO3S. The molecule has 0 saturated heterocycles. The molecule has 7 heteroatoms. The Kier molecular flexibility index (Phi) is 5.29. The fourth-order valence-corrected chi connectivity index (χ4v) is 3.59. The molecule has 112 valence electrons. The van der Waals surface area contributed by atoms with E-state index in [1.807, 2.05) is 0 Å². The minimum atomic E-state index is -3.64. The summed E-state index contributed by atoms with van der Waals surface area (Å²) in [6, 6.07) is 11.8. The maximum absolute atomic E-state index is 12.4. The van der Waals surface area contributed by atoms with E-state index in [1.54, 1.807) is 42.5 Å². The lowest BCUT2D eigenvalue weighted by Gasteiger charge is -2.11. The number of hydrogen-bond acceptors (Lipinski definition) is 3. The number of nitrogens with one attached hydrogen (secondary N) is 1. The Hall–Kier alpha value is -1.05. The van der Waals surface area contributed by atoms with Gasteiger partial charge in [0.1, 0.15) is 5.75 Å². The van der Waals surface area contributed by atoms with E-state index >= 15 is 0 Å². The Morgan fingerprint density at radius 3 is 2.38 bits per heavy atom. The van der Waals surface area contributed by atoms with E-state index in [0.29, 0.717) is 21.2 Å². The monoisotopic (exact) mass is 433 g/mol. The molecule has 2 rings (SSSR count). The van der Waals surface area contributed by atoms with E-state index in [1.165, 1.54) is 7.11 Å². The molecule has 0 unspecified atom stereocenters. The minimum absolute atomic E-state index is 0.210. The van der Waals surface area contributed by atoms with E-state index in [4.69, 9.17) is 4.74 Å². The Morgan fingerprint density at radius 1 is 1.14 bits per heavy atom. The minimum Gasteiger partial charge on any atom is -0.497 e. The smallest absolute Gasteiger partial charge is 0.261 e. The van der Waals surface area contributed by atoms with Crippen molar-refractivity contribution < 1.29 is 13.2 Å². The lowest BCUT2D eigenvalue weighted by Crippen LogP contribution is -2.13. The summed E-state index contributed by atoms with van der Waals surface area (Å²) in [4.78, 5) is 0.210. The van der Waals surface area contributed by atoms with Crippen LogP contribution in [0.25, 0.3) is 0 Å². The van der Waals surface area contributed by atoms with Crippen molar-refractivity contribution in [3.63, 3.8) is 0 Å². The number of alkyl halides is 1. The maximum Gasteiger partial charge on any atom is 0.261 e. The summed E-state index contributed by atoms with van der Waals surface area (Å²) in [6.45, 7) is 0. The fraction of sp³-hybridized carbons (Fsp3) is 0.143. The zero-order valence-electron chi connectivity index (χ0n) is 11.1. The Balaban J connectivity index is 2.32. The first-order valence-corrected chi connectivity index (χ1v) is 9.37. The van der Waals surface area contributed by atoms with Gasteiger partial charge in [-0.2, -0.15) is 0 Å². The van der Waals surface area contributed by atoms with Crippen molar-refractivity contribution in [2.45, 2.75) is 10.2 Å². The van der Waals surface area contributed by atoms with E-state index in [2.05, 4.69) is 36.6 Å². The van der Waals surface area contributed by atoms with Gasteiger partial charge in [-0.25, -0.2) is 8.42 Å². The van der Waals surface area contributed by atoms with E-state index in [0.717, 1.165) is 5.56 Å². The summed E-state index contributed by atoms with van der Waals surface area (Å²) in [7, 11) is -2.11. The third-order valence-corrected chi connectivity index (χ3v) is 5.53. The first-order chi connectivity index (χ1) is 9.96. The Labute approximate surface area is 140 Å². The highest BCUT2D eigenvalue weighted by Gasteiger charge is 2.16. The van der Waals surface area contributed by atoms with Gasteiger partial charge >= 0.3 is 0 Å². The number of sulfonamides is 1. The summed E-state index contributed by atoms with van der Waals surface area (Å²) in [5.74, 6) is 0.575. The molecule has 0 amide bonds. The van der Waals surface area contributed by atoms with Crippen LogP contribution in [-0.2, 0) is 15.4 Å². The lowest BCUT2D eigenvalue weighted by atomic mass is 10.2. The molecule has 0 radical (unpaired) electrons. The highest BCUT2D eigenvalue weighted by molar-refractivity contribution is 9.10. The average Bonchev–Trinajstić information content (AvgIpc) is 2.49. The highest BCUT2D eigenvalue weighted by atomic mass is 79.9. The second kappa shape index (κ2) is 6.81. The summed E-state index contributed by atoms with van der Waals surface area (Å²) >= 11 is 6.65. The first kappa shape index (κ1) is 16.3. The van der Waals surface area contributed by atoms with Crippen LogP contribution in [0.1, 0.15) is 5.56 Å². The van der Waals surface area contributed by atoms with E-state index in [9.17, 15) is 8.42 Å². The number of halogens is 2. The predicted molar refractivity (Wildman–Crippen MR) is 90.6 cm³/mol. The van der Waals surface area contributed by atoms with Gasteiger partial charge in [-0.15, -0.1) is 0 Å². The predicted octanol–water partition coefficient (Wildman–Crippen LogP) is 4.15. The molecule has 0 fully saturated rings. The van der Waals surface area contributed by atoms with Gasteiger partial charge < -0.3 is 4.74 Å². The van der Waals surface area contributed by atoms with E-state index in [-0.39, 0.29) is 4.90 Å². The van der Waals surface area contributed by atoms with Crippen molar-refractivity contribution in [3.8, 4) is 5.75 Å². The second-order valence-corrected chi connectivity index (χ2v) is 7.33. The Morgan fingerprint density at radius 2 is 1.81 bits per heavy atom. The quantitative estimate of drug-likeness (QED) is 0.719. The van der Waals surface area contributed by atoms with Crippen LogP contribution in [0.4, 0.5) is 5.69 Å². The topological polar surface area (TPSA) is 55.4 Å². The van der Waals surface area contributed by atoms with Gasteiger partial charge in [0.25, 0.3) is 10.0 Å². The molecule has 0 spiro atoms. The van der Waals surface area contributed by atoms with Gasteiger partial charge in [0.05, 0.1) is 17.7 Å². The third-order valence-electron chi connectivity index (χ3n) is 2.81. The molecule has 2 aromatic carbocycles. The lowest BCUT2D eigenvalue weighted by molar-refractivity contribution is 0.415. The Bertz CT molecular complexity index is 730. The number of methoxy groups -OCH3 is 1. The first-order valence-electron chi connectivity index (χ1n) is 5.97. The van der Waals surface area contributed by atoms with Crippen LogP contribution in [0, 0.1) is 0 Å². The number of rotatable bonds is 5. The largest absolute Gasteiger partial charge is 0.497 e. The fourth-order valence-electron chi connectivity index (χ4n) is 1.67. The molecule has 1 N–H and O–H groups in total. The second-order valence-electron chi connectivity index (χ2n) is 4.23. The molecule has 0 atom stereocenters. The van der Waals surface area contributed by atoms with Crippen LogP contribution in [0.3, 0.4) is 0 Å². The van der Waals surface area contributed by atoms with E-state index < -0.39 is 10.0 Å².